The fourth-order valence-corrected chi connectivity index (χ4v) is 0.900. The lowest BCUT2D eigenvalue weighted by Crippen LogP contribution is -2.21. The van der Waals surface area contributed by atoms with Crippen molar-refractivity contribution in [3.05, 3.63) is 35.8 Å². The number of pyridine rings is 1. The van der Waals surface area contributed by atoms with Gasteiger partial charge in [0.05, 0.1) is 11.4 Å². The lowest BCUT2D eigenvalue weighted by molar-refractivity contribution is 0.968. The molecule has 0 amide bonds. The molecule has 64 valence electrons. The van der Waals surface area contributed by atoms with Crippen LogP contribution in [0.2, 0.25) is 0 Å². The topological polar surface area (TPSA) is 77.0 Å². The molecule has 0 unspecified atom stereocenters. The van der Waals surface area contributed by atoms with Crippen molar-refractivity contribution in [2.24, 2.45) is 11.6 Å². The lowest BCUT2D eigenvalue weighted by Gasteiger charge is -2.04. The van der Waals surface area contributed by atoms with E-state index in [0.29, 0.717) is 5.70 Å². The van der Waals surface area contributed by atoms with E-state index in [1.165, 1.54) is 6.20 Å². The van der Waals surface area contributed by atoms with Crippen molar-refractivity contribution in [1.82, 2.24) is 10.4 Å². The summed E-state index contributed by atoms with van der Waals surface area (Å²) in [7, 11) is 0. The summed E-state index contributed by atoms with van der Waals surface area (Å²) in [5.41, 5.74) is 10.1. The number of aryl methyl sites for hydroxylation is 1. The molecule has 1 aromatic rings. The third kappa shape index (κ3) is 1.73. The van der Waals surface area contributed by atoms with Crippen molar-refractivity contribution in [3.8, 4) is 0 Å². The Bertz CT molecular complexity index is 293. The second-order valence-corrected chi connectivity index (χ2v) is 2.39. The van der Waals surface area contributed by atoms with Crippen LogP contribution in [0.5, 0.6) is 0 Å². The highest BCUT2D eigenvalue weighted by atomic mass is 15.2. The van der Waals surface area contributed by atoms with Crippen LogP contribution in [0.4, 0.5) is 0 Å². The average Bonchev–Trinajstić information content (AvgIpc) is 2.07. The fourth-order valence-electron chi connectivity index (χ4n) is 0.900. The summed E-state index contributed by atoms with van der Waals surface area (Å²) in [6.45, 7) is 1.91. The van der Waals surface area contributed by atoms with Gasteiger partial charge in [0.1, 0.15) is 0 Å². The molecular weight excluding hydrogens is 152 g/mol. The van der Waals surface area contributed by atoms with Gasteiger partial charge in [0, 0.05) is 11.9 Å². The summed E-state index contributed by atoms with van der Waals surface area (Å²) in [5, 5.41) is 0. The monoisotopic (exact) mass is 164 g/mol. The van der Waals surface area contributed by atoms with Crippen molar-refractivity contribution in [1.29, 1.82) is 0 Å². The first kappa shape index (κ1) is 8.55. The molecule has 0 bridgehead atoms. The average molecular weight is 164 g/mol. The second-order valence-electron chi connectivity index (χ2n) is 2.39. The third-order valence-electron chi connectivity index (χ3n) is 1.49. The summed E-state index contributed by atoms with van der Waals surface area (Å²) >= 11 is 0. The van der Waals surface area contributed by atoms with Gasteiger partial charge in [-0.25, -0.2) is 0 Å². The smallest absolute Gasteiger partial charge is 0.0900 e. The van der Waals surface area contributed by atoms with E-state index in [9.17, 15) is 0 Å². The molecule has 0 fully saturated rings. The third-order valence-corrected chi connectivity index (χ3v) is 1.49. The SMILES string of the molecule is Cc1cccc(/C(=C/N)NN)n1. The Balaban J connectivity index is 3.02. The van der Waals surface area contributed by atoms with Crippen molar-refractivity contribution in [2.75, 3.05) is 0 Å². The number of aromatic nitrogens is 1. The predicted molar refractivity (Wildman–Crippen MR) is 48.5 cm³/mol. The maximum absolute atomic E-state index is 5.32. The molecule has 4 nitrogen and oxygen atoms in total. The number of hydrogen-bond acceptors (Lipinski definition) is 4. The summed E-state index contributed by atoms with van der Waals surface area (Å²) in [6.07, 6.45) is 1.39. The van der Waals surface area contributed by atoms with Crippen LogP contribution in [0, 0.1) is 6.92 Å². The molecule has 0 aliphatic rings. The molecule has 0 aliphatic heterocycles. The molecule has 0 spiro atoms. The molecule has 0 aromatic carbocycles. The van der Waals surface area contributed by atoms with Gasteiger partial charge in [0.15, 0.2) is 0 Å². The summed E-state index contributed by atoms with van der Waals surface area (Å²) < 4.78 is 0. The van der Waals surface area contributed by atoms with E-state index in [2.05, 4.69) is 10.4 Å². The van der Waals surface area contributed by atoms with Crippen LogP contribution in [0.1, 0.15) is 11.4 Å². The fraction of sp³-hybridized carbons (Fsp3) is 0.125. The van der Waals surface area contributed by atoms with Gasteiger partial charge in [-0.2, -0.15) is 0 Å². The Labute approximate surface area is 71.3 Å². The maximum Gasteiger partial charge on any atom is 0.0900 e. The molecule has 0 aliphatic carbocycles. The van der Waals surface area contributed by atoms with Crippen LogP contribution in [-0.2, 0) is 0 Å². The summed E-state index contributed by atoms with van der Waals surface area (Å²) in [4.78, 5) is 4.22. The molecule has 5 N–H and O–H groups in total. The van der Waals surface area contributed by atoms with Crippen LogP contribution in [0.15, 0.2) is 24.4 Å². The standard InChI is InChI=1S/C8H12N4/c1-6-3-2-4-7(11-6)8(5-9)12-10/h2-5,12H,9-10H2,1H3/b8-5-. The van der Waals surface area contributed by atoms with E-state index in [1.54, 1.807) is 0 Å². The summed E-state index contributed by atoms with van der Waals surface area (Å²) in [6, 6.07) is 5.65. The van der Waals surface area contributed by atoms with Crippen LogP contribution in [0.25, 0.3) is 5.70 Å². The highest BCUT2D eigenvalue weighted by Crippen LogP contribution is 2.05. The Morgan fingerprint density at radius 2 is 2.33 bits per heavy atom. The van der Waals surface area contributed by atoms with Crippen LogP contribution < -0.4 is 17.0 Å². The molecule has 12 heavy (non-hydrogen) atoms. The van der Waals surface area contributed by atoms with Crippen molar-refractivity contribution in [2.45, 2.75) is 6.92 Å². The number of hydrazine groups is 1. The number of hydrogen-bond donors (Lipinski definition) is 3. The molecule has 0 saturated carbocycles. The predicted octanol–water partition coefficient (Wildman–Crippen LogP) is 0.110. The molecule has 0 saturated heterocycles. The largest absolute Gasteiger partial charge is 0.403 e. The highest BCUT2D eigenvalue weighted by molar-refractivity contribution is 5.59. The van der Waals surface area contributed by atoms with Gasteiger partial charge >= 0.3 is 0 Å². The minimum Gasteiger partial charge on any atom is -0.403 e. The van der Waals surface area contributed by atoms with E-state index in [1.807, 2.05) is 25.1 Å². The number of nitrogens with two attached hydrogens (primary N) is 2. The van der Waals surface area contributed by atoms with Crippen molar-refractivity contribution < 1.29 is 0 Å². The first-order valence-electron chi connectivity index (χ1n) is 3.60. The highest BCUT2D eigenvalue weighted by Gasteiger charge is 1.98. The molecular formula is C8H12N4. The zero-order valence-electron chi connectivity index (χ0n) is 6.91. The Morgan fingerprint density at radius 3 is 2.83 bits per heavy atom. The van der Waals surface area contributed by atoms with Crippen LogP contribution >= 0.6 is 0 Å². The minimum absolute atomic E-state index is 0.624. The van der Waals surface area contributed by atoms with E-state index >= 15 is 0 Å². The van der Waals surface area contributed by atoms with Crippen molar-refractivity contribution in [3.63, 3.8) is 0 Å². The van der Waals surface area contributed by atoms with E-state index in [-0.39, 0.29) is 0 Å². The Kier molecular flexibility index (Phi) is 2.66. The van der Waals surface area contributed by atoms with Gasteiger partial charge < -0.3 is 11.2 Å². The summed E-state index contributed by atoms with van der Waals surface area (Å²) in [5.74, 6) is 5.23. The van der Waals surface area contributed by atoms with E-state index in [4.69, 9.17) is 11.6 Å². The lowest BCUT2D eigenvalue weighted by atomic mass is 10.2. The second kappa shape index (κ2) is 3.73. The van der Waals surface area contributed by atoms with Gasteiger partial charge in [-0.15, -0.1) is 0 Å². The molecule has 1 rings (SSSR count). The number of nitrogens with one attached hydrogen (secondary N) is 1. The van der Waals surface area contributed by atoms with Gasteiger partial charge in [0.2, 0.25) is 0 Å². The molecule has 0 atom stereocenters. The molecule has 0 radical (unpaired) electrons. The van der Waals surface area contributed by atoms with Gasteiger partial charge in [0.25, 0.3) is 0 Å². The zero-order chi connectivity index (χ0) is 8.97. The van der Waals surface area contributed by atoms with E-state index < -0.39 is 0 Å². The van der Waals surface area contributed by atoms with Crippen LogP contribution in [-0.4, -0.2) is 4.98 Å². The number of nitrogens with zero attached hydrogens (tertiary/aromatic N) is 1. The van der Waals surface area contributed by atoms with Gasteiger partial charge in [-0.05, 0) is 19.1 Å². The van der Waals surface area contributed by atoms with Crippen molar-refractivity contribution >= 4 is 5.70 Å². The quantitative estimate of drug-likeness (QED) is 0.428. The maximum atomic E-state index is 5.32. The van der Waals surface area contributed by atoms with Crippen LogP contribution in [0.3, 0.4) is 0 Å². The Hall–Kier alpha value is -1.55. The first-order chi connectivity index (χ1) is 5.77. The van der Waals surface area contributed by atoms with Gasteiger partial charge in [-0.3, -0.25) is 10.8 Å². The Morgan fingerprint density at radius 1 is 1.58 bits per heavy atom. The molecule has 1 aromatic heterocycles. The molecule has 1 heterocycles. The number of rotatable bonds is 2. The normalized spacial score (nSPS) is 11.3. The first-order valence-corrected chi connectivity index (χ1v) is 3.60. The molecule has 4 heteroatoms. The van der Waals surface area contributed by atoms with Gasteiger partial charge in [-0.1, -0.05) is 6.07 Å². The van der Waals surface area contributed by atoms with E-state index in [0.717, 1.165) is 11.4 Å². The zero-order valence-corrected chi connectivity index (χ0v) is 6.91. The minimum atomic E-state index is 0.624.